The largest absolute Gasteiger partial charge is 0.497 e. The van der Waals surface area contributed by atoms with Crippen LogP contribution in [-0.4, -0.2) is 26.6 Å². The van der Waals surface area contributed by atoms with E-state index in [0.29, 0.717) is 43.4 Å². The number of ether oxygens (including phenoxy) is 1. The number of halogens is 1. The van der Waals surface area contributed by atoms with E-state index in [1.165, 1.54) is 40.7 Å². The number of benzene rings is 2. The smallest absolute Gasteiger partial charge is 0.275 e. The van der Waals surface area contributed by atoms with E-state index in [9.17, 15) is 9.18 Å². The minimum Gasteiger partial charge on any atom is -0.497 e. The van der Waals surface area contributed by atoms with Crippen molar-refractivity contribution < 1.29 is 9.13 Å². The quantitative estimate of drug-likeness (QED) is 0.468. The van der Waals surface area contributed by atoms with Crippen molar-refractivity contribution >= 4 is 43.3 Å². The Morgan fingerprint density at radius 3 is 2.53 bits per heavy atom. The molecule has 0 fully saturated rings. The molecule has 7 nitrogen and oxygen atoms in total. The maximum absolute atomic E-state index is 13.2. The molecule has 0 unspecified atom stereocenters. The molecule has 0 bridgehead atoms. The Labute approximate surface area is 173 Å². The van der Waals surface area contributed by atoms with E-state index in [1.807, 2.05) is 0 Å². The standard InChI is InChI=1S/C21H14FN5O2S/c1-29-15-8-6-14(7-9-15)27-11-25-17-16-19(26-13-4-2-12(22)3-5-13)23-10-24-20(16)30-18(17)21(27)28/h2-11H,1H3,(H,23,24,26). The fraction of sp³-hybridized carbons (Fsp3) is 0.0476. The molecule has 0 atom stereocenters. The third-order valence-corrected chi connectivity index (χ3v) is 5.71. The summed E-state index contributed by atoms with van der Waals surface area (Å²) in [6, 6.07) is 13.1. The van der Waals surface area contributed by atoms with Crippen molar-refractivity contribution in [2.45, 2.75) is 0 Å². The van der Waals surface area contributed by atoms with Crippen molar-refractivity contribution in [3.8, 4) is 11.4 Å². The summed E-state index contributed by atoms with van der Waals surface area (Å²) in [6.45, 7) is 0. The Kier molecular flexibility index (Phi) is 4.36. The molecule has 9 heteroatoms. The van der Waals surface area contributed by atoms with Crippen molar-refractivity contribution in [1.29, 1.82) is 0 Å². The fourth-order valence-electron chi connectivity index (χ4n) is 3.16. The first-order chi connectivity index (χ1) is 14.6. The Morgan fingerprint density at radius 2 is 1.80 bits per heavy atom. The maximum Gasteiger partial charge on any atom is 0.275 e. The molecule has 0 radical (unpaired) electrons. The Morgan fingerprint density at radius 1 is 1.03 bits per heavy atom. The average Bonchev–Trinajstić information content (AvgIpc) is 3.16. The summed E-state index contributed by atoms with van der Waals surface area (Å²) >= 11 is 1.26. The normalized spacial score (nSPS) is 11.1. The average molecular weight is 419 g/mol. The van der Waals surface area contributed by atoms with Crippen LogP contribution in [0.4, 0.5) is 15.9 Å². The van der Waals surface area contributed by atoms with Gasteiger partial charge in [-0.05, 0) is 48.5 Å². The van der Waals surface area contributed by atoms with Crippen molar-refractivity contribution in [3.05, 3.63) is 77.4 Å². The van der Waals surface area contributed by atoms with Crippen molar-refractivity contribution in [2.75, 3.05) is 12.4 Å². The molecule has 3 aromatic heterocycles. The van der Waals surface area contributed by atoms with Gasteiger partial charge in [0.05, 0.1) is 18.2 Å². The first-order valence-corrected chi connectivity index (χ1v) is 9.77. The molecule has 0 saturated heterocycles. The predicted molar refractivity (Wildman–Crippen MR) is 115 cm³/mol. The van der Waals surface area contributed by atoms with E-state index in [2.05, 4.69) is 20.3 Å². The van der Waals surface area contributed by atoms with Crippen molar-refractivity contribution in [1.82, 2.24) is 19.5 Å². The number of hydrogen-bond acceptors (Lipinski definition) is 7. The van der Waals surface area contributed by atoms with Crippen LogP contribution >= 0.6 is 11.3 Å². The second-order valence-electron chi connectivity index (χ2n) is 6.43. The Bertz CT molecular complexity index is 1430. The molecule has 0 spiro atoms. The number of fused-ring (bicyclic) bond motifs is 3. The first-order valence-electron chi connectivity index (χ1n) is 8.96. The van der Waals surface area contributed by atoms with Crippen LogP contribution < -0.4 is 15.6 Å². The number of nitrogens with one attached hydrogen (secondary N) is 1. The van der Waals surface area contributed by atoms with Crippen LogP contribution in [0.15, 0.2) is 66.0 Å². The maximum atomic E-state index is 13.2. The van der Waals surface area contributed by atoms with E-state index in [1.54, 1.807) is 43.5 Å². The van der Waals surface area contributed by atoms with Gasteiger partial charge in [0, 0.05) is 5.69 Å². The molecule has 30 heavy (non-hydrogen) atoms. The van der Waals surface area contributed by atoms with Crippen LogP contribution in [-0.2, 0) is 0 Å². The van der Waals surface area contributed by atoms with Crippen LogP contribution in [0.5, 0.6) is 5.75 Å². The van der Waals surface area contributed by atoms with Gasteiger partial charge < -0.3 is 10.1 Å². The van der Waals surface area contributed by atoms with Gasteiger partial charge in [0.1, 0.15) is 45.1 Å². The van der Waals surface area contributed by atoms with Gasteiger partial charge in [0.2, 0.25) is 0 Å². The predicted octanol–water partition coefficient (Wildman–Crippen LogP) is 4.28. The number of rotatable bonds is 4. The first kappa shape index (κ1) is 18.2. The SMILES string of the molecule is COc1ccc(-n2cnc3c(sc4ncnc(Nc5ccc(F)cc5)c43)c2=O)cc1. The topological polar surface area (TPSA) is 81.9 Å². The van der Waals surface area contributed by atoms with Crippen LogP contribution in [0, 0.1) is 5.82 Å². The lowest BCUT2D eigenvalue weighted by Crippen LogP contribution is -2.17. The van der Waals surface area contributed by atoms with Crippen LogP contribution in [0.25, 0.3) is 26.1 Å². The van der Waals surface area contributed by atoms with E-state index in [-0.39, 0.29) is 11.4 Å². The molecule has 0 amide bonds. The summed E-state index contributed by atoms with van der Waals surface area (Å²) in [5, 5.41) is 3.81. The van der Waals surface area contributed by atoms with E-state index in [4.69, 9.17) is 4.74 Å². The lowest BCUT2D eigenvalue weighted by Gasteiger charge is -2.07. The molecule has 5 rings (SSSR count). The number of nitrogens with zero attached hydrogens (tertiary/aromatic N) is 4. The molecule has 5 aromatic rings. The Balaban J connectivity index is 1.65. The van der Waals surface area contributed by atoms with Gasteiger partial charge in [0.15, 0.2) is 0 Å². The highest BCUT2D eigenvalue weighted by Crippen LogP contribution is 2.34. The highest BCUT2D eigenvalue weighted by molar-refractivity contribution is 7.25. The van der Waals surface area contributed by atoms with Gasteiger partial charge in [-0.1, -0.05) is 0 Å². The molecule has 0 aliphatic carbocycles. The van der Waals surface area contributed by atoms with E-state index >= 15 is 0 Å². The van der Waals surface area contributed by atoms with Gasteiger partial charge in [-0.15, -0.1) is 11.3 Å². The number of aromatic nitrogens is 4. The minimum absolute atomic E-state index is 0.194. The number of methoxy groups -OCH3 is 1. The molecular formula is C21H14FN5O2S. The zero-order chi connectivity index (χ0) is 20.7. The molecule has 0 aliphatic heterocycles. The lowest BCUT2D eigenvalue weighted by atomic mass is 10.2. The second kappa shape index (κ2) is 7.20. The molecular weight excluding hydrogens is 405 g/mol. The highest BCUT2D eigenvalue weighted by atomic mass is 32.1. The van der Waals surface area contributed by atoms with Crippen molar-refractivity contribution in [2.24, 2.45) is 0 Å². The third-order valence-electron chi connectivity index (χ3n) is 4.64. The summed E-state index contributed by atoms with van der Waals surface area (Å²) in [7, 11) is 1.59. The summed E-state index contributed by atoms with van der Waals surface area (Å²) in [5.41, 5.74) is 1.68. The number of anilines is 2. The molecule has 2 aromatic carbocycles. The van der Waals surface area contributed by atoms with Crippen molar-refractivity contribution in [3.63, 3.8) is 0 Å². The number of hydrogen-bond donors (Lipinski definition) is 1. The van der Waals surface area contributed by atoms with Crippen LogP contribution in [0.2, 0.25) is 0 Å². The number of thiophene rings is 1. The third kappa shape index (κ3) is 3.05. The molecule has 1 N–H and O–H groups in total. The second-order valence-corrected chi connectivity index (χ2v) is 7.43. The summed E-state index contributed by atoms with van der Waals surface area (Å²) in [6.07, 6.45) is 2.92. The molecule has 0 aliphatic rings. The zero-order valence-corrected chi connectivity index (χ0v) is 16.5. The lowest BCUT2D eigenvalue weighted by molar-refractivity contribution is 0.414. The van der Waals surface area contributed by atoms with Gasteiger partial charge >= 0.3 is 0 Å². The highest BCUT2D eigenvalue weighted by Gasteiger charge is 2.17. The summed E-state index contributed by atoms with van der Waals surface area (Å²) in [5.74, 6) is 0.886. The van der Waals surface area contributed by atoms with Gasteiger partial charge in [-0.2, -0.15) is 0 Å². The minimum atomic E-state index is -0.324. The summed E-state index contributed by atoms with van der Waals surface area (Å²) < 4.78 is 20.3. The van der Waals surface area contributed by atoms with E-state index in [0.717, 1.165) is 0 Å². The van der Waals surface area contributed by atoms with Gasteiger partial charge in [-0.25, -0.2) is 19.3 Å². The summed E-state index contributed by atoms with van der Waals surface area (Å²) in [4.78, 5) is 26.9. The monoisotopic (exact) mass is 419 g/mol. The Hall–Kier alpha value is -3.85. The molecule has 3 heterocycles. The van der Waals surface area contributed by atoms with Gasteiger partial charge in [-0.3, -0.25) is 9.36 Å². The molecule has 148 valence electrons. The van der Waals surface area contributed by atoms with Crippen LogP contribution in [0.1, 0.15) is 0 Å². The van der Waals surface area contributed by atoms with E-state index < -0.39 is 0 Å². The molecule has 0 saturated carbocycles. The van der Waals surface area contributed by atoms with Gasteiger partial charge in [0.25, 0.3) is 5.56 Å². The zero-order valence-electron chi connectivity index (χ0n) is 15.7. The fourth-order valence-corrected chi connectivity index (χ4v) is 4.18. The van der Waals surface area contributed by atoms with Crippen LogP contribution in [0.3, 0.4) is 0 Å².